The summed E-state index contributed by atoms with van der Waals surface area (Å²) in [5.41, 5.74) is 3.31. The third-order valence-electron chi connectivity index (χ3n) is 3.58. The highest BCUT2D eigenvalue weighted by molar-refractivity contribution is 5.53. The molecule has 0 unspecified atom stereocenters. The van der Waals surface area contributed by atoms with E-state index in [2.05, 4.69) is 39.7 Å². The van der Waals surface area contributed by atoms with Crippen molar-refractivity contribution in [2.75, 3.05) is 25.0 Å². The van der Waals surface area contributed by atoms with Gasteiger partial charge in [-0.3, -0.25) is 0 Å². The quantitative estimate of drug-likeness (QED) is 0.903. The second-order valence-corrected chi connectivity index (χ2v) is 5.08. The topological polar surface area (TPSA) is 59.1 Å². The molecule has 2 aromatic rings. The van der Waals surface area contributed by atoms with E-state index in [1.807, 2.05) is 24.5 Å². The van der Waals surface area contributed by atoms with Crippen LogP contribution in [-0.2, 0) is 11.2 Å². The molecule has 3 rings (SSSR count). The van der Waals surface area contributed by atoms with E-state index >= 15 is 0 Å². The van der Waals surface area contributed by atoms with Crippen LogP contribution in [0.2, 0.25) is 0 Å². The highest BCUT2D eigenvalue weighted by Crippen LogP contribution is 2.21. The van der Waals surface area contributed by atoms with Crippen LogP contribution in [0, 0.1) is 0 Å². The van der Waals surface area contributed by atoms with Crippen molar-refractivity contribution in [1.29, 1.82) is 0 Å². The third kappa shape index (κ3) is 3.56. The number of aromatic nitrogens is 2. The first-order chi connectivity index (χ1) is 10.3. The summed E-state index contributed by atoms with van der Waals surface area (Å²) in [6.07, 6.45) is 4.80. The van der Waals surface area contributed by atoms with Gasteiger partial charge < -0.3 is 15.4 Å². The minimum atomic E-state index is 0.146. The van der Waals surface area contributed by atoms with E-state index < -0.39 is 0 Å². The van der Waals surface area contributed by atoms with E-state index in [9.17, 15) is 0 Å². The van der Waals surface area contributed by atoms with Crippen molar-refractivity contribution in [1.82, 2.24) is 15.3 Å². The molecule has 0 aliphatic carbocycles. The van der Waals surface area contributed by atoms with Gasteiger partial charge in [0.1, 0.15) is 0 Å². The Labute approximate surface area is 124 Å². The van der Waals surface area contributed by atoms with Gasteiger partial charge >= 0.3 is 0 Å². The van der Waals surface area contributed by atoms with Crippen molar-refractivity contribution in [3.8, 4) is 0 Å². The number of aryl methyl sites for hydroxylation is 1. The number of rotatable bonds is 4. The molecule has 1 fully saturated rings. The average molecular weight is 284 g/mol. The van der Waals surface area contributed by atoms with E-state index in [1.54, 1.807) is 0 Å². The third-order valence-corrected chi connectivity index (χ3v) is 3.58. The molecule has 0 radical (unpaired) electrons. The van der Waals surface area contributed by atoms with Crippen LogP contribution in [0.25, 0.3) is 0 Å². The zero-order chi connectivity index (χ0) is 14.5. The number of nitrogens with one attached hydrogen (secondary N) is 2. The van der Waals surface area contributed by atoms with Crippen molar-refractivity contribution in [3.63, 3.8) is 0 Å². The van der Waals surface area contributed by atoms with Crippen LogP contribution in [0.4, 0.5) is 11.6 Å². The van der Waals surface area contributed by atoms with Gasteiger partial charge in [0.2, 0.25) is 5.95 Å². The molecule has 21 heavy (non-hydrogen) atoms. The second kappa shape index (κ2) is 6.65. The Hall–Kier alpha value is -1.98. The number of anilines is 2. The van der Waals surface area contributed by atoms with Gasteiger partial charge in [-0.2, -0.15) is 0 Å². The standard InChI is InChI=1S/C16H20N4O/c1-2-12-9-18-16(19-10-12)20-14-5-3-13(4-6-14)15-11-17-7-8-21-15/h3-6,9-10,15,17H,2,7-8,11H2,1H3,(H,18,19,20)/t15-/m0/s1. The van der Waals surface area contributed by atoms with E-state index in [0.29, 0.717) is 5.95 Å². The fraction of sp³-hybridized carbons (Fsp3) is 0.375. The smallest absolute Gasteiger partial charge is 0.227 e. The number of hydrogen-bond acceptors (Lipinski definition) is 5. The molecule has 2 N–H and O–H groups in total. The molecular formula is C16H20N4O. The Kier molecular flexibility index (Phi) is 4.43. The number of benzene rings is 1. The molecule has 2 heterocycles. The van der Waals surface area contributed by atoms with Crippen molar-refractivity contribution >= 4 is 11.6 Å². The summed E-state index contributed by atoms with van der Waals surface area (Å²) < 4.78 is 5.74. The highest BCUT2D eigenvalue weighted by Gasteiger charge is 2.15. The summed E-state index contributed by atoms with van der Waals surface area (Å²) in [6.45, 7) is 4.66. The molecule has 0 amide bonds. The van der Waals surface area contributed by atoms with Crippen molar-refractivity contribution in [3.05, 3.63) is 47.8 Å². The van der Waals surface area contributed by atoms with Gasteiger partial charge in [-0.1, -0.05) is 19.1 Å². The summed E-state index contributed by atoms with van der Waals surface area (Å²) in [5, 5.41) is 6.54. The fourth-order valence-corrected chi connectivity index (χ4v) is 2.29. The Balaban J connectivity index is 1.65. The number of morpholine rings is 1. The lowest BCUT2D eigenvalue weighted by molar-refractivity contribution is 0.0277. The minimum absolute atomic E-state index is 0.146. The van der Waals surface area contributed by atoms with Crippen LogP contribution in [0.1, 0.15) is 24.2 Å². The van der Waals surface area contributed by atoms with E-state index in [1.165, 1.54) is 5.56 Å². The van der Waals surface area contributed by atoms with Gasteiger partial charge in [-0.25, -0.2) is 9.97 Å². The molecule has 1 saturated heterocycles. The summed E-state index contributed by atoms with van der Waals surface area (Å²) >= 11 is 0. The van der Waals surface area contributed by atoms with Gasteiger partial charge in [0, 0.05) is 31.2 Å². The molecule has 1 aliphatic rings. The number of hydrogen-bond donors (Lipinski definition) is 2. The molecule has 0 bridgehead atoms. The number of nitrogens with zero attached hydrogens (tertiary/aromatic N) is 2. The lowest BCUT2D eigenvalue weighted by Crippen LogP contribution is -2.33. The molecule has 110 valence electrons. The normalized spacial score (nSPS) is 18.4. The molecule has 0 saturated carbocycles. The lowest BCUT2D eigenvalue weighted by Gasteiger charge is -2.24. The van der Waals surface area contributed by atoms with Crippen LogP contribution in [0.3, 0.4) is 0 Å². The summed E-state index contributed by atoms with van der Waals surface area (Å²) in [5.74, 6) is 0.621. The predicted molar refractivity (Wildman–Crippen MR) is 82.7 cm³/mol. The first kappa shape index (κ1) is 14.0. The monoisotopic (exact) mass is 284 g/mol. The predicted octanol–water partition coefficient (Wildman–Crippen LogP) is 2.44. The summed E-state index contributed by atoms with van der Waals surface area (Å²) in [6, 6.07) is 8.23. The Bertz CT molecular complexity index is 562. The molecule has 1 aromatic heterocycles. The lowest BCUT2D eigenvalue weighted by atomic mass is 10.1. The van der Waals surface area contributed by atoms with Crippen molar-refractivity contribution in [2.24, 2.45) is 0 Å². The van der Waals surface area contributed by atoms with Crippen molar-refractivity contribution < 1.29 is 4.74 Å². The van der Waals surface area contributed by atoms with Gasteiger partial charge in [-0.05, 0) is 29.7 Å². The molecule has 1 aromatic carbocycles. The van der Waals surface area contributed by atoms with Crippen LogP contribution in [0.15, 0.2) is 36.7 Å². The van der Waals surface area contributed by atoms with Crippen LogP contribution < -0.4 is 10.6 Å². The molecule has 1 aliphatic heterocycles. The first-order valence-electron chi connectivity index (χ1n) is 7.35. The molecule has 0 spiro atoms. The largest absolute Gasteiger partial charge is 0.371 e. The maximum atomic E-state index is 5.74. The Morgan fingerprint density at radius 3 is 2.62 bits per heavy atom. The molecule has 1 atom stereocenters. The van der Waals surface area contributed by atoms with E-state index in [0.717, 1.165) is 37.4 Å². The van der Waals surface area contributed by atoms with E-state index in [4.69, 9.17) is 4.74 Å². The Morgan fingerprint density at radius 1 is 1.24 bits per heavy atom. The maximum Gasteiger partial charge on any atom is 0.227 e. The second-order valence-electron chi connectivity index (χ2n) is 5.08. The fourth-order valence-electron chi connectivity index (χ4n) is 2.29. The van der Waals surface area contributed by atoms with Crippen LogP contribution in [0.5, 0.6) is 0 Å². The highest BCUT2D eigenvalue weighted by atomic mass is 16.5. The van der Waals surface area contributed by atoms with Gasteiger partial charge in [0.05, 0.1) is 12.7 Å². The zero-order valence-electron chi connectivity index (χ0n) is 12.2. The van der Waals surface area contributed by atoms with Gasteiger partial charge in [-0.15, -0.1) is 0 Å². The van der Waals surface area contributed by atoms with Gasteiger partial charge in [0.15, 0.2) is 0 Å². The Morgan fingerprint density at radius 2 is 2.00 bits per heavy atom. The van der Waals surface area contributed by atoms with Gasteiger partial charge in [0.25, 0.3) is 0 Å². The summed E-state index contributed by atoms with van der Waals surface area (Å²) in [7, 11) is 0. The van der Waals surface area contributed by atoms with Crippen molar-refractivity contribution in [2.45, 2.75) is 19.4 Å². The first-order valence-corrected chi connectivity index (χ1v) is 7.35. The number of ether oxygens (including phenoxy) is 1. The molecular weight excluding hydrogens is 264 g/mol. The SMILES string of the molecule is CCc1cnc(Nc2ccc([C@@H]3CNCCO3)cc2)nc1. The average Bonchev–Trinajstić information content (AvgIpc) is 2.57. The van der Waals surface area contributed by atoms with Crippen LogP contribution in [-0.4, -0.2) is 29.7 Å². The molecule has 5 heteroatoms. The molecule has 5 nitrogen and oxygen atoms in total. The van der Waals surface area contributed by atoms with E-state index in [-0.39, 0.29) is 6.10 Å². The maximum absolute atomic E-state index is 5.74. The summed E-state index contributed by atoms with van der Waals surface area (Å²) in [4.78, 5) is 8.60. The zero-order valence-corrected chi connectivity index (χ0v) is 12.2. The minimum Gasteiger partial charge on any atom is -0.371 e. The van der Waals surface area contributed by atoms with Crippen LogP contribution >= 0.6 is 0 Å².